The van der Waals surface area contributed by atoms with E-state index in [0.29, 0.717) is 6.42 Å². The van der Waals surface area contributed by atoms with Crippen molar-refractivity contribution in [1.82, 2.24) is 9.80 Å². The Bertz CT molecular complexity index is 447. The third-order valence-corrected chi connectivity index (χ3v) is 4.17. The van der Waals surface area contributed by atoms with E-state index in [1.807, 2.05) is 6.07 Å². The lowest BCUT2D eigenvalue weighted by atomic mass is 10.00. The third-order valence-electron chi connectivity index (χ3n) is 4.17. The summed E-state index contributed by atoms with van der Waals surface area (Å²) in [5.74, 6) is 0. The van der Waals surface area contributed by atoms with Crippen molar-refractivity contribution in [1.29, 1.82) is 5.26 Å². The minimum Gasteiger partial charge on any atom is -0.296 e. The van der Waals surface area contributed by atoms with Crippen molar-refractivity contribution in [3.8, 4) is 6.07 Å². The van der Waals surface area contributed by atoms with Gasteiger partial charge in [-0.1, -0.05) is 30.3 Å². The summed E-state index contributed by atoms with van der Waals surface area (Å²) in [6.45, 7) is 11.1. The minimum atomic E-state index is 0.239. The maximum Gasteiger partial charge on any atom is 0.0641 e. The topological polar surface area (TPSA) is 30.3 Å². The van der Waals surface area contributed by atoms with Crippen LogP contribution in [0.3, 0.4) is 0 Å². The van der Waals surface area contributed by atoms with E-state index in [1.54, 1.807) is 0 Å². The SMILES string of the molecule is CC(C)(C)N1CCN(C(CC#N)c2ccccc2)CC1. The smallest absolute Gasteiger partial charge is 0.0641 e. The first kappa shape index (κ1) is 15.0. The summed E-state index contributed by atoms with van der Waals surface area (Å²) in [5.41, 5.74) is 1.50. The number of nitrogens with zero attached hydrogens (tertiary/aromatic N) is 3. The van der Waals surface area contributed by atoms with Gasteiger partial charge in [0.2, 0.25) is 0 Å². The van der Waals surface area contributed by atoms with Crippen molar-refractivity contribution in [2.24, 2.45) is 0 Å². The zero-order valence-electron chi connectivity index (χ0n) is 12.8. The van der Waals surface area contributed by atoms with Crippen molar-refractivity contribution < 1.29 is 0 Å². The molecule has 1 aromatic rings. The van der Waals surface area contributed by atoms with Crippen LogP contribution in [0.15, 0.2) is 30.3 Å². The highest BCUT2D eigenvalue weighted by Gasteiger charge is 2.29. The summed E-state index contributed by atoms with van der Waals surface area (Å²) in [6, 6.07) is 13.0. The van der Waals surface area contributed by atoms with Crippen molar-refractivity contribution in [3.63, 3.8) is 0 Å². The van der Waals surface area contributed by atoms with Crippen LogP contribution in [0.25, 0.3) is 0 Å². The maximum atomic E-state index is 9.12. The summed E-state index contributed by atoms with van der Waals surface area (Å²) in [7, 11) is 0. The second-order valence-electron chi connectivity index (χ2n) is 6.48. The summed E-state index contributed by atoms with van der Waals surface area (Å²) in [4.78, 5) is 4.98. The van der Waals surface area contributed by atoms with Gasteiger partial charge in [0.1, 0.15) is 0 Å². The highest BCUT2D eigenvalue weighted by atomic mass is 15.3. The molecule has 1 unspecified atom stereocenters. The largest absolute Gasteiger partial charge is 0.296 e. The summed E-state index contributed by atoms with van der Waals surface area (Å²) in [6.07, 6.45) is 0.569. The second kappa shape index (κ2) is 6.39. The molecule has 0 radical (unpaired) electrons. The molecular formula is C17H25N3. The predicted octanol–water partition coefficient (Wildman–Crippen LogP) is 3.06. The molecule has 0 bridgehead atoms. The van der Waals surface area contributed by atoms with Crippen LogP contribution in [-0.2, 0) is 0 Å². The van der Waals surface area contributed by atoms with Gasteiger partial charge in [0.25, 0.3) is 0 Å². The van der Waals surface area contributed by atoms with Crippen LogP contribution in [0.2, 0.25) is 0 Å². The van der Waals surface area contributed by atoms with Crippen LogP contribution in [0.1, 0.15) is 38.8 Å². The normalized spacial score (nSPS) is 19.5. The van der Waals surface area contributed by atoms with E-state index in [9.17, 15) is 0 Å². The lowest BCUT2D eigenvalue weighted by molar-refractivity contribution is 0.0424. The molecule has 1 aromatic carbocycles. The quantitative estimate of drug-likeness (QED) is 0.846. The number of hydrogen-bond donors (Lipinski definition) is 0. The molecule has 0 N–H and O–H groups in total. The molecule has 3 heteroatoms. The molecule has 2 rings (SSSR count). The van der Waals surface area contributed by atoms with E-state index in [1.165, 1.54) is 5.56 Å². The lowest BCUT2D eigenvalue weighted by Crippen LogP contribution is -2.53. The monoisotopic (exact) mass is 271 g/mol. The first-order valence-corrected chi connectivity index (χ1v) is 7.43. The predicted molar refractivity (Wildman–Crippen MR) is 82.3 cm³/mol. The molecular weight excluding hydrogens is 246 g/mol. The van der Waals surface area contributed by atoms with E-state index in [0.717, 1.165) is 26.2 Å². The zero-order chi connectivity index (χ0) is 14.6. The van der Waals surface area contributed by atoms with Crippen LogP contribution in [0.4, 0.5) is 0 Å². The number of nitriles is 1. The molecule has 0 aromatic heterocycles. The molecule has 1 aliphatic heterocycles. The van der Waals surface area contributed by atoms with Crippen molar-refractivity contribution >= 4 is 0 Å². The highest BCUT2D eigenvalue weighted by molar-refractivity contribution is 5.20. The third kappa shape index (κ3) is 3.59. The molecule has 108 valence electrons. The van der Waals surface area contributed by atoms with Gasteiger partial charge in [-0.05, 0) is 26.3 Å². The Balaban J connectivity index is 2.05. The molecule has 3 nitrogen and oxygen atoms in total. The maximum absolute atomic E-state index is 9.12. The number of hydrogen-bond acceptors (Lipinski definition) is 3. The van der Waals surface area contributed by atoms with Gasteiger partial charge in [0.15, 0.2) is 0 Å². The Labute approximate surface area is 122 Å². The van der Waals surface area contributed by atoms with Gasteiger partial charge in [-0.2, -0.15) is 5.26 Å². The van der Waals surface area contributed by atoms with E-state index >= 15 is 0 Å². The Kier molecular flexibility index (Phi) is 4.80. The summed E-state index contributed by atoms with van der Waals surface area (Å²) < 4.78 is 0. The number of benzene rings is 1. The molecule has 1 atom stereocenters. The fraction of sp³-hybridized carbons (Fsp3) is 0.588. The Morgan fingerprint density at radius 3 is 2.20 bits per heavy atom. The Morgan fingerprint density at radius 2 is 1.70 bits per heavy atom. The van der Waals surface area contributed by atoms with E-state index in [-0.39, 0.29) is 11.6 Å². The van der Waals surface area contributed by atoms with Gasteiger partial charge >= 0.3 is 0 Å². The fourth-order valence-corrected chi connectivity index (χ4v) is 2.92. The second-order valence-corrected chi connectivity index (χ2v) is 6.48. The van der Waals surface area contributed by atoms with Crippen LogP contribution < -0.4 is 0 Å². The van der Waals surface area contributed by atoms with Crippen molar-refractivity contribution in [2.75, 3.05) is 26.2 Å². The zero-order valence-corrected chi connectivity index (χ0v) is 12.8. The van der Waals surface area contributed by atoms with E-state index < -0.39 is 0 Å². The van der Waals surface area contributed by atoms with Crippen molar-refractivity contribution in [3.05, 3.63) is 35.9 Å². The summed E-state index contributed by atoms with van der Waals surface area (Å²) >= 11 is 0. The van der Waals surface area contributed by atoms with Gasteiger partial charge in [0, 0.05) is 37.8 Å². The molecule has 0 spiro atoms. The molecule has 1 fully saturated rings. The van der Waals surface area contributed by atoms with Crippen molar-refractivity contribution in [2.45, 2.75) is 38.8 Å². The standard InChI is InChI=1S/C17H25N3/c1-17(2,3)20-13-11-19(12-14-20)16(9-10-18)15-7-5-4-6-8-15/h4-8,16H,9,11-14H2,1-3H3. The summed E-state index contributed by atoms with van der Waals surface area (Å²) in [5, 5.41) is 9.12. The average Bonchev–Trinajstić information content (AvgIpc) is 2.45. The van der Waals surface area contributed by atoms with Crippen LogP contribution >= 0.6 is 0 Å². The highest BCUT2D eigenvalue weighted by Crippen LogP contribution is 2.26. The Hall–Kier alpha value is -1.37. The van der Waals surface area contributed by atoms with Crippen LogP contribution in [0.5, 0.6) is 0 Å². The average molecular weight is 271 g/mol. The first-order valence-electron chi connectivity index (χ1n) is 7.43. The molecule has 20 heavy (non-hydrogen) atoms. The minimum absolute atomic E-state index is 0.239. The fourth-order valence-electron chi connectivity index (χ4n) is 2.92. The van der Waals surface area contributed by atoms with Gasteiger partial charge < -0.3 is 0 Å². The number of rotatable bonds is 3. The van der Waals surface area contributed by atoms with Crippen LogP contribution in [0, 0.1) is 11.3 Å². The van der Waals surface area contributed by atoms with Gasteiger partial charge in [0.05, 0.1) is 12.5 Å². The van der Waals surface area contributed by atoms with E-state index in [2.05, 4.69) is 60.9 Å². The van der Waals surface area contributed by atoms with Gasteiger partial charge in [-0.15, -0.1) is 0 Å². The first-order chi connectivity index (χ1) is 9.52. The molecule has 0 saturated carbocycles. The Morgan fingerprint density at radius 1 is 1.10 bits per heavy atom. The van der Waals surface area contributed by atoms with E-state index in [4.69, 9.17) is 5.26 Å². The number of piperazine rings is 1. The molecule has 0 amide bonds. The molecule has 1 aliphatic rings. The van der Waals surface area contributed by atoms with Gasteiger partial charge in [-0.3, -0.25) is 9.80 Å². The van der Waals surface area contributed by atoms with Crippen LogP contribution in [-0.4, -0.2) is 41.5 Å². The lowest BCUT2D eigenvalue weighted by Gasteiger charge is -2.44. The molecule has 1 heterocycles. The molecule has 1 saturated heterocycles. The van der Waals surface area contributed by atoms with Gasteiger partial charge in [-0.25, -0.2) is 0 Å². The molecule has 0 aliphatic carbocycles.